The van der Waals surface area contributed by atoms with Crippen LogP contribution in [0.3, 0.4) is 0 Å². The first-order valence-electron chi connectivity index (χ1n) is 8.59. The van der Waals surface area contributed by atoms with Gasteiger partial charge in [-0.15, -0.1) is 0 Å². The number of nitrogens with one attached hydrogen (secondary N) is 1. The van der Waals surface area contributed by atoms with Gasteiger partial charge in [0.15, 0.2) is 0 Å². The highest BCUT2D eigenvalue weighted by Crippen LogP contribution is 2.43. The Bertz CT molecular complexity index is 773. The molecule has 128 valence electrons. The van der Waals surface area contributed by atoms with Gasteiger partial charge in [-0.3, -0.25) is 0 Å². The highest BCUT2D eigenvalue weighted by molar-refractivity contribution is 5.72. The normalized spacial score (nSPS) is 18.6. The van der Waals surface area contributed by atoms with E-state index in [2.05, 4.69) is 61.6 Å². The molecule has 0 bridgehead atoms. The fourth-order valence-corrected chi connectivity index (χ4v) is 3.65. The zero-order chi connectivity index (χ0) is 17.5. The van der Waals surface area contributed by atoms with Gasteiger partial charge in [0.2, 0.25) is 0 Å². The van der Waals surface area contributed by atoms with Crippen LogP contribution in [0, 0.1) is 13.8 Å². The summed E-state index contributed by atoms with van der Waals surface area (Å²) in [5.74, 6) is 1.69. The smallest absolute Gasteiger partial charge is 0.136 e. The SMILES string of the molecule is C=C(OCC)c1c(C)nn2c1NC(c1ccccc1C)CC2(C)C. The summed E-state index contributed by atoms with van der Waals surface area (Å²) in [4.78, 5) is 0. The summed E-state index contributed by atoms with van der Waals surface area (Å²) in [6.07, 6.45) is 0.979. The van der Waals surface area contributed by atoms with E-state index < -0.39 is 0 Å². The predicted octanol–water partition coefficient (Wildman–Crippen LogP) is 4.80. The third-order valence-electron chi connectivity index (χ3n) is 4.81. The average molecular weight is 325 g/mol. The lowest BCUT2D eigenvalue weighted by Gasteiger charge is -2.39. The van der Waals surface area contributed by atoms with Gasteiger partial charge in [0.1, 0.15) is 11.6 Å². The fourth-order valence-electron chi connectivity index (χ4n) is 3.65. The van der Waals surface area contributed by atoms with Crippen LogP contribution in [-0.4, -0.2) is 16.4 Å². The number of aryl methyl sites for hydroxylation is 2. The van der Waals surface area contributed by atoms with Gasteiger partial charge in [0.05, 0.1) is 29.4 Å². The lowest BCUT2D eigenvalue weighted by Crippen LogP contribution is -2.38. The summed E-state index contributed by atoms with van der Waals surface area (Å²) in [6.45, 7) is 15.3. The molecule has 0 amide bonds. The van der Waals surface area contributed by atoms with E-state index in [0.29, 0.717) is 12.4 Å². The molecule has 4 heteroatoms. The van der Waals surface area contributed by atoms with E-state index in [0.717, 1.165) is 23.5 Å². The molecule has 3 rings (SSSR count). The monoisotopic (exact) mass is 325 g/mol. The molecule has 0 radical (unpaired) electrons. The quantitative estimate of drug-likeness (QED) is 0.821. The molecule has 1 aromatic heterocycles. The van der Waals surface area contributed by atoms with Gasteiger partial charge in [0, 0.05) is 0 Å². The van der Waals surface area contributed by atoms with Crippen molar-refractivity contribution in [2.75, 3.05) is 11.9 Å². The summed E-state index contributed by atoms with van der Waals surface area (Å²) in [6, 6.07) is 8.82. The van der Waals surface area contributed by atoms with E-state index in [-0.39, 0.29) is 11.6 Å². The summed E-state index contributed by atoms with van der Waals surface area (Å²) in [5.41, 5.74) is 4.50. The number of nitrogens with zero attached hydrogens (tertiary/aromatic N) is 2. The average Bonchev–Trinajstić information content (AvgIpc) is 2.85. The second-order valence-corrected chi connectivity index (χ2v) is 7.15. The second-order valence-electron chi connectivity index (χ2n) is 7.15. The van der Waals surface area contributed by atoms with Gasteiger partial charge in [-0.1, -0.05) is 30.8 Å². The highest BCUT2D eigenvalue weighted by atomic mass is 16.5. The minimum absolute atomic E-state index is 0.0803. The van der Waals surface area contributed by atoms with Crippen molar-refractivity contribution in [3.63, 3.8) is 0 Å². The first kappa shape index (κ1) is 16.6. The van der Waals surface area contributed by atoms with E-state index in [1.54, 1.807) is 0 Å². The summed E-state index contributed by atoms with van der Waals surface area (Å²) in [5, 5.41) is 8.47. The van der Waals surface area contributed by atoms with Crippen molar-refractivity contribution in [3.05, 3.63) is 53.2 Å². The standard InChI is InChI=1S/C20H27N3O/c1-7-24-15(4)18-14(3)22-23-19(18)21-17(12-20(23,5)6)16-11-9-8-10-13(16)2/h8-11,17,21H,4,7,12H2,1-3,5-6H3. The van der Waals surface area contributed by atoms with E-state index in [1.807, 2.05) is 13.8 Å². The zero-order valence-corrected chi connectivity index (χ0v) is 15.3. The number of fused-ring (bicyclic) bond motifs is 1. The summed E-state index contributed by atoms with van der Waals surface area (Å²) in [7, 11) is 0. The predicted molar refractivity (Wildman–Crippen MR) is 99.1 cm³/mol. The maximum Gasteiger partial charge on any atom is 0.136 e. The molecule has 2 heterocycles. The molecule has 0 fully saturated rings. The molecule has 0 spiro atoms. The van der Waals surface area contributed by atoms with Crippen LogP contribution in [0.4, 0.5) is 5.82 Å². The van der Waals surface area contributed by atoms with Crippen LogP contribution < -0.4 is 5.32 Å². The molecule has 1 atom stereocenters. The molecule has 1 unspecified atom stereocenters. The van der Waals surface area contributed by atoms with Gasteiger partial charge in [-0.2, -0.15) is 5.10 Å². The number of rotatable bonds is 4. The van der Waals surface area contributed by atoms with Crippen molar-refractivity contribution < 1.29 is 4.74 Å². The Morgan fingerprint density at radius 1 is 1.38 bits per heavy atom. The minimum Gasteiger partial charge on any atom is -0.494 e. The maximum atomic E-state index is 5.68. The summed E-state index contributed by atoms with van der Waals surface area (Å²) >= 11 is 0. The van der Waals surface area contributed by atoms with Crippen molar-refractivity contribution in [1.29, 1.82) is 0 Å². The Kier molecular flexibility index (Phi) is 4.16. The molecule has 1 N–H and O–H groups in total. The van der Waals surface area contributed by atoms with Crippen LogP contribution in [0.5, 0.6) is 0 Å². The molecule has 0 aliphatic carbocycles. The molecule has 0 saturated carbocycles. The van der Waals surface area contributed by atoms with Gasteiger partial charge in [-0.05, 0) is 52.2 Å². The first-order chi connectivity index (χ1) is 11.3. The Labute approximate surface area is 144 Å². The number of benzene rings is 1. The fraction of sp³-hybridized carbons (Fsp3) is 0.450. The molecule has 4 nitrogen and oxygen atoms in total. The van der Waals surface area contributed by atoms with Crippen LogP contribution >= 0.6 is 0 Å². The molecular weight excluding hydrogens is 298 g/mol. The third kappa shape index (κ3) is 2.70. The van der Waals surface area contributed by atoms with Crippen LogP contribution in [0.1, 0.15) is 55.6 Å². The Morgan fingerprint density at radius 3 is 2.75 bits per heavy atom. The van der Waals surface area contributed by atoms with Crippen LogP contribution in [0.2, 0.25) is 0 Å². The third-order valence-corrected chi connectivity index (χ3v) is 4.81. The lowest BCUT2D eigenvalue weighted by atomic mass is 9.87. The Balaban J connectivity index is 2.08. The Morgan fingerprint density at radius 2 is 2.08 bits per heavy atom. The molecule has 0 saturated heterocycles. The van der Waals surface area contributed by atoms with Crippen molar-refractivity contribution in [2.24, 2.45) is 0 Å². The first-order valence-corrected chi connectivity index (χ1v) is 8.59. The van der Waals surface area contributed by atoms with E-state index in [1.165, 1.54) is 11.1 Å². The van der Waals surface area contributed by atoms with Crippen molar-refractivity contribution in [1.82, 2.24) is 9.78 Å². The molecule has 1 aliphatic heterocycles. The molecule has 1 aliphatic rings. The number of ether oxygens (including phenoxy) is 1. The molecule has 24 heavy (non-hydrogen) atoms. The number of hydrogen-bond donors (Lipinski definition) is 1. The number of aromatic nitrogens is 2. The second kappa shape index (κ2) is 6.00. The minimum atomic E-state index is -0.0803. The largest absolute Gasteiger partial charge is 0.494 e. The Hall–Kier alpha value is -2.23. The van der Waals surface area contributed by atoms with Crippen LogP contribution in [0.25, 0.3) is 5.76 Å². The van der Waals surface area contributed by atoms with Crippen molar-refractivity contribution in [3.8, 4) is 0 Å². The molecular formula is C20H27N3O. The van der Waals surface area contributed by atoms with Gasteiger partial charge in [-0.25, -0.2) is 4.68 Å². The van der Waals surface area contributed by atoms with Crippen molar-refractivity contribution >= 4 is 11.6 Å². The van der Waals surface area contributed by atoms with Gasteiger partial charge < -0.3 is 10.1 Å². The maximum absolute atomic E-state index is 5.68. The number of hydrogen-bond acceptors (Lipinski definition) is 3. The van der Waals surface area contributed by atoms with E-state index >= 15 is 0 Å². The number of anilines is 1. The van der Waals surface area contributed by atoms with Gasteiger partial charge >= 0.3 is 0 Å². The van der Waals surface area contributed by atoms with Gasteiger partial charge in [0.25, 0.3) is 0 Å². The highest BCUT2D eigenvalue weighted by Gasteiger charge is 2.37. The molecule has 2 aromatic rings. The molecule has 1 aromatic carbocycles. The zero-order valence-electron chi connectivity index (χ0n) is 15.3. The topological polar surface area (TPSA) is 39.1 Å². The lowest BCUT2D eigenvalue weighted by molar-refractivity contribution is 0.262. The van der Waals surface area contributed by atoms with Crippen LogP contribution in [0.15, 0.2) is 30.8 Å². The van der Waals surface area contributed by atoms with E-state index in [9.17, 15) is 0 Å². The summed E-state index contributed by atoms with van der Waals surface area (Å²) < 4.78 is 7.77. The van der Waals surface area contributed by atoms with Crippen LogP contribution in [-0.2, 0) is 10.3 Å². The van der Waals surface area contributed by atoms with E-state index in [4.69, 9.17) is 9.84 Å². The van der Waals surface area contributed by atoms with Crippen molar-refractivity contribution in [2.45, 2.75) is 52.6 Å².